The van der Waals surface area contributed by atoms with Crippen LogP contribution in [0.3, 0.4) is 0 Å². The number of ether oxygens (including phenoxy) is 2. The Morgan fingerprint density at radius 1 is 1.17 bits per heavy atom. The lowest BCUT2D eigenvalue weighted by atomic mass is 9.89. The number of hydrogen-bond donors (Lipinski definition) is 1. The molecule has 1 amide bonds. The molecule has 30 heavy (non-hydrogen) atoms. The first-order valence-corrected chi connectivity index (χ1v) is 9.97. The molecule has 0 aliphatic heterocycles. The van der Waals surface area contributed by atoms with Crippen molar-refractivity contribution in [2.75, 3.05) is 6.61 Å². The average molecular weight is 422 g/mol. The zero-order valence-electron chi connectivity index (χ0n) is 18.4. The van der Waals surface area contributed by atoms with E-state index in [1.165, 1.54) is 18.2 Å². The highest BCUT2D eigenvalue weighted by Gasteiger charge is 2.31. The first-order valence-electron chi connectivity index (χ1n) is 9.97. The number of amides is 1. The number of ketones is 1. The van der Waals surface area contributed by atoms with Crippen molar-refractivity contribution in [1.29, 1.82) is 0 Å². The molecule has 2 unspecified atom stereocenters. The average Bonchev–Trinajstić information content (AvgIpc) is 2.63. The molecule has 2 atom stereocenters. The van der Waals surface area contributed by atoms with E-state index in [1.807, 2.05) is 0 Å². The van der Waals surface area contributed by atoms with Crippen LogP contribution in [-0.2, 0) is 25.5 Å². The summed E-state index contributed by atoms with van der Waals surface area (Å²) in [6, 6.07) is 4.90. The highest BCUT2D eigenvalue weighted by molar-refractivity contribution is 5.90. The second-order valence-corrected chi connectivity index (χ2v) is 8.48. The van der Waals surface area contributed by atoms with Crippen LogP contribution in [0.25, 0.3) is 0 Å². The number of Topliss-reactive ketones (excluding diaryl/α,β-unsaturated/α-hetero) is 1. The van der Waals surface area contributed by atoms with E-state index >= 15 is 0 Å². The highest BCUT2D eigenvalue weighted by Crippen LogP contribution is 2.19. The fraction of sp³-hybridized carbons (Fsp3) is 0.522. The summed E-state index contributed by atoms with van der Waals surface area (Å²) in [5.41, 5.74) is -0.000171. The smallest absolute Gasteiger partial charge is 0.408 e. The minimum Gasteiger partial charge on any atom is -0.461 e. The third kappa shape index (κ3) is 9.20. The Balaban J connectivity index is 2.95. The first kappa shape index (κ1) is 25.3. The quantitative estimate of drug-likeness (QED) is 0.452. The predicted molar refractivity (Wildman–Crippen MR) is 112 cm³/mol. The molecule has 0 saturated carbocycles. The molecule has 1 N–H and O–H groups in total. The maximum atomic E-state index is 13.2. The molecule has 7 heteroatoms. The van der Waals surface area contributed by atoms with Gasteiger partial charge in [0.1, 0.15) is 18.0 Å². The summed E-state index contributed by atoms with van der Waals surface area (Å²) in [6.07, 6.45) is 0.819. The molecule has 0 bridgehead atoms. The number of carbonyl (C=O) groups excluding carboxylic acids is 3. The first-order chi connectivity index (χ1) is 13.9. The topological polar surface area (TPSA) is 81.7 Å². The summed E-state index contributed by atoms with van der Waals surface area (Å²) in [5, 5.41) is 2.60. The Kier molecular flexibility index (Phi) is 9.69. The Hall–Kier alpha value is -2.70. The molecule has 0 saturated heterocycles. The standard InChI is InChI=1S/C23H32FNO5/c1-7-12-29-21(27)17(13-16-8-10-18(24)11-9-16)14-19(26)20(15(2)3)25-22(28)30-23(4,5)6/h7-11,15,17,20H,1,12-14H2,2-6H3,(H,25,28). The Morgan fingerprint density at radius 3 is 2.27 bits per heavy atom. The van der Waals surface area contributed by atoms with E-state index in [2.05, 4.69) is 11.9 Å². The molecule has 6 nitrogen and oxygen atoms in total. The van der Waals surface area contributed by atoms with E-state index in [-0.39, 0.29) is 37.0 Å². The summed E-state index contributed by atoms with van der Waals surface area (Å²) in [6.45, 7) is 12.3. The number of rotatable bonds is 10. The lowest BCUT2D eigenvalue weighted by Gasteiger charge is -2.26. The lowest BCUT2D eigenvalue weighted by Crippen LogP contribution is -2.47. The highest BCUT2D eigenvalue weighted by atomic mass is 19.1. The molecule has 0 aliphatic carbocycles. The maximum Gasteiger partial charge on any atom is 0.408 e. The number of carbonyl (C=O) groups is 3. The van der Waals surface area contributed by atoms with E-state index < -0.39 is 29.6 Å². The van der Waals surface area contributed by atoms with E-state index in [0.29, 0.717) is 5.56 Å². The molecular weight excluding hydrogens is 389 g/mol. The van der Waals surface area contributed by atoms with Crippen molar-refractivity contribution in [2.24, 2.45) is 11.8 Å². The van der Waals surface area contributed by atoms with Gasteiger partial charge in [-0.05, 0) is 50.8 Å². The zero-order valence-corrected chi connectivity index (χ0v) is 18.4. The van der Waals surface area contributed by atoms with Gasteiger partial charge in [-0.3, -0.25) is 9.59 Å². The fourth-order valence-corrected chi connectivity index (χ4v) is 2.83. The van der Waals surface area contributed by atoms with Gasteiger partial charge in [0.2, 0.25) is 0 Å². The largest absolute Gasteiger partial charge is 0.461 e. The van der Waals surface area contributed by atoms with Crippen molar-refractivity contribution in [1.82, 2.24) is 5.32 Å². The van der Waals surface area contributed by atoms with Gasteiger partial charge in [0.15, 0.2) is 5.78 Å². The van der Waals surface area contributed by atoms with Crippen LogP contribution in [0, 0.1) is 17.7 Å². The summed E-state index contributed by atoms with van der Waals surface area (Å²) in [7, 11) is 0. The number of nitrogens with one attached hydrogen (secondary N) is 1. The predicted octanol–water partition coefficient (Wildman–Crippen LogP) is 4.22. The third-order valence-corrected chi connectivity index (χ3v) is 4.21. The van der Waals surface area contributed by atoms with Crippen LogP contribution in [0.5, 0.6) is 0 Å². The second kappa shape index (κ2) is 11.5. The number of benzene rings is 1. The van der Waals surface area contributed by atoms with Crippen molar-refractivity contribution in [3.05, 3.63) is 48.3 Å². The third-order valence-electron chi connectivity index (χ3n) is 4.21. The summed E-state index contributed by atoms with van der Waals surface area (Å²) >= 11 is 0. The Labute approximate surface area is 177 Å². The van der Waals surface area contributed by atoms with Gasteiger partial charge in [0.25, 0.3) is 0 Å². The van der Waals surface area contributed by atoms with Crippen LogP contribution < -0.4 is 5.32 Å². The van der Waals surface area contributed by atoms with E-state index in [1.54, 1.807) is 46.8 Å². The molecule has 0 aliphatic rings. The molecule has 0 aromatic heterocycles. The van der Waals surface area contributed by atoms with Crippen molar-refractivity contribution >= 4 is 17.8 Å². The van der Waals surface area contributed by atoms with Gasteiger partial charge < -0.3 is 14.8 Å². The molecule has 0 fully saturated rings. The van der Waals surface area contributed by atoms with E-state index in [9.17, 15) is 18.8 Å². The normalized spacial score (nSPS) is 13.3. The minimum atomic E-state index is -0.817. The molecule has 0 radical (unpaired) electrons. The van der Waals surface area contributed by atoms with E-state index in [4.69, 9.17) is 9.47 Å². The summed E-state index contributed by atoms with van der Waals surface area (Å²) in [5.74, 6) is -2.22. The SMILES string of the molecule is C=CCOC(=O)C(CC(=O)C(NC(=O)OC(C)(C)C)C(C)C)Cc1ccc(F)cc1. The fourth-order valence-electron chi connectivity index (χ4n) is 2.83. The minimum absolute atomic E-state index is 0.0245. The lowest BCUT2D eigenvalue weighted by molar-refractivity contribution is -0.149. The van der Waals surface area contributed by atoms with Crippen LogP contribution in [0.15, 0.2) is 36.9 Å². The van der Waals surface area contributed by atoms with Crippen molar-refractivity contribution in [3.63, 3.8) is 0 Å². The van der Waals surface area contributed by atoms with Crippen LogP contribution in [0.4, 0.5) is 9.18 Å². The van der Waals surface area contributed by atoms with Crippen molar-refractivity contribution in [3.8, 4) is 0 Å². The molecule has 1 aromatic rings. The molecular formula is C23H32FNO5. The van der Waals surface area contributed by atoms with Crippen molar-refractivity contribution < 1.29 is 28.2 Å². The Morgan fingerprint density at radius 2 is 1.77 bits per heavy atom. The van der Waals surface area contributed by atoms with Crippen LogP contribution in [0.1, 0.15) is 46.6 Å². The van der Waals surface area contributed by atoms with Crippen LogP contribution in [0.2, 0.25) is 0 Å². The number of alkyl carbamates (subject to hydrolysis) is 1. The summed E-state index contributed by atoms with van der Waals surface area (Å²) < 4.78 is 23.6. The maximum absolute atomic E-state index is 13.2. The van der Waals surface area contributed by atoms with Gasteiger partial charge in [-0.25, -0.2) is 9.18 Å². The second-order valence-electron chi connectivity index (χ2n) is 8.48. The molecule has 0 spiro atoms. The number of halogens is 1. The van der Waals surface area contributed by atoms with Crippen molar-refractivity contribution in [2.45, 2.75) is 59.1 Å². The van der Waals surface area contributed by atoms with E-state index in [0.717, 1.165) is 0 Å². The Bertz CT molecular complexity index is 737. The van der Waals surface area contributed by atoms with Gasteiger partial charge in [0.05, 0.1) is 12.0 Å². The molecule has 166 valence electrons. The monoisotopic (exact) mass is 421 g/mol. The zero-order chi connectivity index (χ0) is 22.9. The van der Waals surface area contributed by atoms with Gasteiger partial charge >= 0.3 is 12.1 Å². The summed E-state index contributed by atoms with van der Waals surface area (Å²) in [4.78, 5) is 37.6. The number of hydrogen-bond acceptors (Lipinski definition) is 5. The van der Waals surface area contributed by atoms with Gasteiger partial charge in [-0.2, -0.15) is 0 Å². The van der Waals surface area contributed by atoms with Gasteiger partial charge in [-0.15, -0.1) is 0 Å². The number of esters is 1. The van der Waals surface area contributed by atoms with Crippen LogP contribution in [-0.4, -0.2) is 36.1 Å². The molecule has 1 rings (SSSR count). The van der Waals surface area contributed by atoms with Gasteiger partial charge in [-0.1, -0.05) is 38.6 Å². The van der Waals surface area contributed by atoms with Crippen LogP contribution >= 0.6 is 0 Å². The molecule has 0 heterocycles. The molecule has 1 aromatic carbocycles. The van der Waals surface area contributed by atoms with Gasteiger partial charge in [0, 0.05) is 6.42 Å².